The molecule has 0 heterocycles. The molecule has 0 aromatic carbocycles. The molecule has 0 fully saturated rings. The summed E-state index contributed by atoms with van der Waals surface area (Å²) in [5, 5.41) is 33.8. The van der Waals surface area contributed by atoms with Crippen LogP contribution in [-0.2, 0) is 23.9 Å². The molecule has 0 radical (unpaired) electrons. The van der Waals surface area contributed by atoms with E-state index in [1.165, 1.54) is 6.92 Å². The zero-order valence-electron chi connectivity index (χ0n) is 11.3. The van der Waals surface area contributed by atoms with Crippen LogP contribution < -0.4 is 0 Å². The average molecular weight is 294 g/mol. The summed E-state index contributed by atoms with van der Waals surface area (Å²) in [6, 6.07) is 0. The van der Waals surface area contributed by atoms with E-state index in [2.05, 4.69) is 4.74 Å². The second-order valence-corrected chi connectivity index (χ2v) is 4.14. The summed E-state index contributed by atoms with van der Waals surface area (Å²) in [4.78, 5) is 40.5. The van der Waals surface area contributed by atoms with Crippen molar-refractivity contribution in [3.05, 3.63) is 0 Å². The van der Waals surface area contributed by atoms with Crippen molar-refractivity contribution >= 4 is 23.9 Å². The van der Waals surface area contributed by atoms with Gasteiger partial charge < -0.3 is 25.2 Å². The summed E-state index contributed by atoms with van der Waals surface area (Å²) in [6.45, 7) is 5.04. The molecule has 0 aromatic heterocycles. The number of carboxylic acids is 3. The number of rotatable bonds is 6. The highest BCUT2D eigenvalue weighted by Crippen LogP contribution is 2.15. The van der Waals surface area contributed by atoms with Crippen LogP contribution in [0.4, 0.5) is 0 Å². The average Bonchev–Trinajstić information content (AvgIpc) is 2.12. The molecule has 0 atom stereocenters. The van der Waals surface area contributed by atoms with Crippen LogP contribution in [0.15, 0.2) is 0 Å². The Morgan fingerprint density at radius 2 is 1.35 bits per heavy atom. The van der Waals surface area contributed by atoms with Gasteiger partial charge in [0.15, 0.2) is 5.60 Å². The topological polar surface area (TPSA) is 158 Å². The third-order valence-electron chi connectivity index (χ3n) is 1.69. The Morgan fingerprint density at radius 1 is 1.00 bits per heavy atom. The van der Waals surface area contributed by atoms with Crippen LogP contribution in [0.1, 0.15) is 33.6 Å². The second kappa shape index (κ2) is 8.86. The van der Waals surface area contributed by atoms with Gasteiger partial charge in [0.2, 0.25) is 0 Å². The second-order valence-electron chi connectivity index (χ2n) is 4.14. The van der Waals surface area contributed by atoms with Gasteiger partial charge in [-0.3, -0.25) is 14.4 Å². The maximum atomic E-state index is 10.3. The predicted molar refractivity (Wildman–Crippen MR) is 64.0 cm³/mol. The van der Waals surface area contributed by atoms with E-state index in [1.54, 1.807) is 0 Å². The van der Waals surface area contributed by atoms with Crippen molar-refractivity contribution in [2.24, 2.45) is 0 Å². The van der Waals surface area contributed by atoms with Gasteiger partial charge in [0.05, 0.1) is 18.9 Å². The molecule has 0 spiro atoms. The van der Waals surface area contributed by atoms with Crippen LogP contribution in [0.2, 0.25) is 0 Å². The zero-order chi connectivity index (χ0) is 16.5. The fourth-order valence-electron chi connectivity index (χ4n) is 1.05. The first-order valence-corrected chi connectivity index (χ1v) is 5.47. The summed E-state index contributed by atoms with van der Waals surface area (Å²) in [5.41, 5.74) is -2.74. The van der Waals surface area contributed by atoms with Crippen molar-refractivity contribution < 1.29 is 44.3 Å². The minimum atomic E-state index is -2.74. The highest BCUT2D eigenvalue weighted by Gasteiger charge is 2.40. The van der Waals surface area contributed by atoms with E-state index in [-0.39, 0.29) is 12.1 Å². The summed E-state index contributed by atoms with van der Waals surface area (Å²) in [5.74, 6) is -5.23. The molecule has 0 rings (SSSR count). The molecular weight excluding hydrogens is 276 g/mol. The van der Waals surface area contributed by atoms with Gasteiger partial charge in [0.1, 0.15) is 0 Å². The van der Waals surface area contributed by atoms with Crippen molar-refractivity contribution in [2.45, 2.75) is 45.3 Å². The number of aliphatic hydroxyl groups is 1. The van der Waals surface area contributed by atoms with Crippen molar-refractivity contribution in [3.63, 3.8) is 0 Å². The number of aliphatic carboxylic acids is 3. The molecule has 116 valence electrons. The normalized spacial score (nSPS) is 10.2. The van der Waals surface area contributed by atoms with E-state index in [1.807, 2.05) is 13.8 Å². The summed E-state index contributed by atoms with van der Waals surface area (Å²) in [7, 11) is 0. The molecule has 0 unspecified atom stereocenters. The van der Waals surface area contributed by atoms with E-state index in [9.17, 15) is 19.2 Å². The molecule has 0 saturated heterocycles. The quantitative estimate of drug-likeness (QED) is 0.483. The molecule has 4 N–H and O–H groups in total. The molecule has 0 aromatic rings. The molecular formula is C11H18O9. The largest absolute Gasteiger partial charge is 0.481 e. The van der Waals surface area contributed by atoms with Gasteiger partial charge in [-0.25, -0.2) is 4.79 Å². The summed E-state index contributed by atoms with van der Waals surface area (Å²) in [6.07, 6.45) is -2.26. The number of ether oxygens (including phenoxy) is 1. The highest BCUT2D eigenvalue weighted by atomic mass is 16.5. The monoisotopic (exact) mass is 294 g/mol. The van der Waals surface area contributed by atoms with E-state index < -0.39 is 36.4 Å². The van der Waals surface area contributed by atoms with Crippen molar-refractivity contribution in [2.75, 3.05) is 0 Å². The maximum absolute atomic E-state index is 10.3. The third-order valence-corrected chi connectivity index (χ3v) is 1.69. The van der Waals surface area contributed by atoms with Gasteiger partial charge in [0, 0.05) is 6.92 Å². The van der Waals surface area contributed by atoms with Crippen LogP contribution in [0.25, 0.3) is 0 Å². The Hall–Kier alpha value is -2.16. The van der Waals surface area contributed by atoms with Crippen molar-refractivity contribution in [3.8, 4) is 0 Å². The summed E-state index contributed by atoms with van der Waals surface area (Å²) < 4.78 is 4.61. The smallest absolute Gasteiger partial charge is 0.336 e. The van der Waals surface area contributed by atoms with Crippen molar-refractivity contribution in [1.29, 1.82) is 0 Å². The standard InChI is InChI=1S/C6H8O7.C5H10O2/c7-3(8)1-6(13,5(11)12)2-4(9)10;1-4(2)7-5(3)6/h13H,1-2H2,(H,7,8)(H,9,10)(H,11,12);4H,1-3H3. The van der Waals surface area contributed by atoms with Crippen LogP contribution in [0, 0.1) is 0 Å². The first kappa shape index (κ1) is 20.2. The Kier molecular flexibility index (Phi) is 8.93. The van der Waals surface area contributed by atoms with Gasteiger partial charge >= 0.3 is 23.9 Å². The SMILES string of the molecule is CC(=O)OC(C)C.O=C(O)CC(O)(CC(=O)O)C(=O)O. The molecule has 0 aliphatic rings. The maximum Gasteiger partial charge on any atom is 0.336 e. The predicted octanol–water partition coefficient (Wildman–Crippen LogP) is -0.291. The van der Waals surface area contributed by atoms with Gasteiger partial charge in [-0.1, -0.05) is 0 Å². The molecule has 0 amide bonds. The van der Waals surface area contributed by atoms with E-state index in [0.29, 0.717) is 0 Å². The summed E-state index contributed by atoms with van der Waals surface area (Å²) >= 11 is 0. The van der Waals surface area contributed by atoms with Gasteiger partial charge in [-0.2, -0.15) is 0 Å². The van der Waals surface area contributed by atoms with E-state index in [0.717, 1.165) is 0 Å². The minimum absolute atomic E-state index is 0.0255. The zero-order valence-corrected chi connectivity index (χ0v) is 11.3. The highest BCUT2D eigenvalue weighted by molar-refractivity contribution is 5.88. The van der Waals surface area contributed by atoms with Gasteiger partial charge in [-0.15, -0.1) is 0 Å². The van der Waals surface area contributed by atoms with Crippen LogP contribution >= 0.6 is 0 Å². The van der Waals surface area contributed by atoms with Gasteiger partial charge in [-0.05, 0) is 13.8 Å². The first-order chi connectivity index (χ1) is 8.90. The lowest BCUT2D eigenvalue weighted by Gasteiger charge is -2.18. The molecule has 0 saturated carbocycles. The van der Waals surface area contributed by atoms with Crippen molar-refractivity contribution in [1.82, 2.24) is 0 Å². The fourth-order valence-corrected chi connectivity index (χ4v) is 1.05. The molecule has 9 nitrogen and oxygen atoms in total. The molecule has 9 heteroatoms. The van der Waals surface area contributed by atoms with Crippen LogP contribution in [0.3, 0.4) is 0 Å². The minimum Gasteiger partial charge on any atom is -0.481 e. The third kappa shape index (κ3) is 11.0. The lowest BCUT2D eigenvalue weighted by molar-refractivity contribution is -0.170. The Labute approximate surface area is 114 Å². The lowest BCUT2D eigenvalue weighted by atomic mass is 9.96. The molecule has 0 bridgehead atoms. The number of esters is 1. The number of hydrogen-bond acceptors (Lipinski definition) is 6. The number of carbonyl (C=O) groups is 4. The van der Waals surface area contributed by atoms with Crippen LogP contribution in [-0.4, -0.2) is 56.0 Å². The van der Waals surface area contributed by atoms with Crippen LogP contribution in [0.5, 0.6) is 0 Å². The van der Waals surface area contributed by atoms with E-state index in [4.69, 9.17) is 20.4 Å². The lowest BCUT2D eigenvalue weighted by Crippen LogP contribution is -2.42. The number of hydrogen-bond donors (Lipinski definition) is 4. The number of carbonyl (C=O) groups excluding carboxylic acids is 1. The Morgan fingerprint density at radius 3 is 1.45 bits per heavy atom. The van der Waals surface area contributed by atoms with E-state index >= 15 is 0 Å². The first-order valence-electron chi connectivity index (χ1n) is 5.47. The molecule has 0 aliphatic carbocycles. The molecule has 0 aliphatic heterocycles. The molecule has 20 heavy (non-hydrogen) atoms. The Balaban J connectivity index is 0. The Bertz CT molecular complexity index is 356. The fraction of sp³-hybridized carbons (Fsp3) is 0.636. The van der Waals surface area contributed by atoms with Gasteiger partial charge in [0.25, 0.3) is 0 Å². The number of carboxylic acid groups (broad SMARTS) is 3.